The first-order valence-corrected chi connectivity index (χ1v) is 8.52. The number of nitrogens with one attached hydrogen (secondary N) is 2. The smallest absolute Gasteiger partial charge is 0.322 e. The average molecular weight is 344 g/mol. The first kappa shape index (κ1) is 14.8. The number of amides is 2. The van der Waals surface area contributed by atoms with Gasteiger partial charge in [0.1, 0.15) is 23.4 Å². The molecular formula is C14H16N8OS. The number of hydrogen-bond acceptors (Lipinski definition) is 6. The summed E-state index contributed by atoms with van der Waals surface area (Å²) in [6, 6.07) is 0.0220. The molecular weight excluding hydrogens is 328 g/mol. The second-order valence-electron chi connectivity index (χ2n) is 5.54. The van der Waals surface area contributed by atoms with E-state index in [2.05, 4.69) is 30.6 Å². The van der Waals surface area contributed by atoms with E-state index in [0.717, 1.165) is 30.1 Å². The summed E-state index contributed by atoms with van der Waals surface area (Å²) in [7, 11) is 0. The Labute approximate surface area is 141 Å². The maximum atomic E-state index is 12.6. The maximum Gasteiger partial charge on any atom is 0.322 e. The number of anilines is 1. The molecule has 1 saturated heterocycles. The van der Waals surface area contributed by atoms with Crippen molar-refractivity contribution in [2.45, 2.75) is 18.9 Å². The molecule has 1 aliphatic rings. The SMILES string of the molecule is O=C(Nc1cn[nH]c1-c1nccs1)N1CCC[C@H](n2cncn2)C1. The summed E-state index contributed by atoms with van der Waals surface area (Å²) >= 11 is 1.49. The number of carbonyl (C=O) groups is 1. The fourth-order valence-corrected chi connectivity index (χ4v) is 3.49. The van der Waals surface area contributed by atoms with E-state index in [9.17, 15) is 4.79 Å². The van der Waals surface area contributed by atoms with Crippen molar-refractivity contribution in [3.63, 3.8) is 0 Å². The van der Waals surface area contributed by atoms with Crippen LogP contribution in [0.2, 0.25) is 0 Å². The summed E-state index contributed by atoms with van der Waals surface area (Å²) in [6.45, 7) is 1.33. The zero-order chi connectivity index (χ0) is 16.4. The van der Waals surface area contributed by atoms with Crippen molar-refractivity contribution in [3.8, 4) is 10.7 Å². The van der Waals surface area contributed by atoms with Crippen LogP contribution in [0.3, 0.4) is 0 Å². The molecule has 4 rings (SSSR count). The molecule has 1 fully saturated rings. The highest BCUT2D eigenvalue weighted by molar-refractivity contribution is 7.13. The summed E-state index contributed by atoms with van der Waals surface area (Å²) in [6.07, 6.45) is 8.46. The molecule has 3 aromatic rings. The summed E-state index contributed by atoms with van der Waals surface area (Å²) in [5.74, 6) is 0. The second-order valence-corrected chi connectivity index (χ2v) is 6.44. The number of aromatic nitrogens is 6. The highest BCUT2D eigenvalue weighted by Gasteiger charge is 2.26. The Balaban J connectivity index is 1.46. The Kier molecular flexibility index (Phi) is 3.95. The number of thiazole rings is 1. The first-order valence-electron chi connectivity index (χ1n) is 7.64. The fraction of sp³-hybridized carbons (Fsp3) is 0.357. The normalized spacial score (nSPS) is 17.8. The minimum atomic E-state index is -0.140. The maximum absolute atomic E-state index is 12.6. The highest BCUT2D eigenvalue weighted by Crippen LogP contribution is 2.28. The van der Waals surface area contributed by atoms with E-state index in [1.54, 1.807) is 23.6 Å². The number of urea groups is 1. The van der Waals surface area contributed by atoms with Crippen LogP contribution in [-0.4, -0.2) is 54.0 Å². The van der Waals surface area contributed by atoms with Crippen LogP contribution in [0.5, 0.6) is 0 Å². The molecule has 0 aromatic carbocycles. The van der Waals surface area contributed by atoms with Crippen molar-refractivity contribution in [2.75, 3.05) is 18.4 Å². The zero-order valence-electron chi connectivity index (χ0n) is 12.8. The number of likely N-dealkylation sites (tertiary alicyclic amines) is 1. The molecule has 10 heteroatoms. The summed E-state index contributed by atoms with van der Waals surface area (Å²) < 4.78 is 1.82. The van der Waals surface area contributed by atoms with Crippen LogP contribution < -0.4 is 5.32 Å². The molecule has 0 spiro atoms. The minimum absolute atomic E-state index is 0.140. The molecule has 2 amide bonds. The summed E-state index contributed by atoms with van der Waals surface area (Å²) in [4.78, 5) is 22.6. The van der Waals surface area contributed by atoms with Crippen LogP contribution in [0.4, 0.5) is 10.5 Å². The van der Waals surface area contributed by atoms with Gasteiger partial charge in [0.15, 0.2) is 0 Å². The van der Waals surface area contributed by atoms with Gasteiger partial charge in [-0.15, -0.1) is 11.3 Å². The van der Waals surface area contributed by atoms with E-state index in [1.165, 1.54) is 17.7 Å². The molecule has 0 saturated carbocycles. The van der Waals surface area contributed by atoms with Crippen LogP contribution in [0.1, 0.15) is 18.9 Å². The number of aromatic amines is 1. The highest BCUT2D eigenvalue weighted by atomic mass is 32.1. The van der Waals surface area contributed by atoms with Gasteiger partial charge in [-0.3, -0.25) is 5.10 Å². The summed E-state index contributed by atoms with van der Waals surface area (Å²) in [5.41, 5.74) is 1.36. The molecule has 0 bridgehead atoms. The molecule has 9 nitrogen and oxygen atoms in total. The van der Waals surface area contributed by atoms with Crippen molar-refractivity contribution in [1.29, 1.82) is 0 Å². The number of H-pyrrole nitrogens is 1. The monoisotopic (exact) mass is 344 g/mol. The van der Waals surface area contributed by atoms with Gasteiger partial charge in [0.05, 0.1) is 17.9 Å². The van der Waals surface area contributed by atoms with E-state index in [-0.39, 0.29) is 12.1 Å². The van der Waals surface area contributed by atoms with Gasteiger partial charge < -0.3 is 10.2 Å². The topological polar surface area (TPSA) is 105 Å². The molecule has 0 radical (unpaired) electrons. The average Bonchev–Trinajstić information content (AvgIpc) is 3.36. The predicted octanol–water partition coefficient (Wildman–Crippen LogP) is 1.99. The predicted molar refractivity (Wildman–Crippen MR) is 88.6 cm³/mol. The van der Waals surface area contributed by atoms with Crippen LogP contribution >= 0.6 is 11.3 Å². The van der Waals surface area contributed by atoms with Crippen molar-refractivity contribution in [2.24, 2.45) is 0 Å². The molecule has 124 valence electrons. The number of carbonyl (C=O) groups excluding carboxylic acids is 1. The Morgan fingerprint density at radius 2 is 2.42 bits per heavy atom. The van der Waals surface area contributed by atoms with Gasteiger partial charge in [0.25, 0.3) is 0 Å². The lowest BCUT2D eigenvalue weighted by atomic mass is 10.1. The van der Waals surface area contributed by atoms with E-state index in [1.807, 2.05) is 10.1 Å². The van der Waals surface area contributed by atoms with Crippen LogP contribution in [0.15, 0.2) is 30.4 Å². The lowest BCUT2D eigenvalue weighted by molar-refractivity contribution is 0.174. The van der Waals surface area contributed by atoms with Crippen molar-refractivity contribution < 1.29 is 4.79 Å². The quantitative estimate of drug-likeness (QED) is 0.756. The standard InChI is InChI=1S/C14H16N8OS/c23-14(19-11-6-17-20-12(11)13-16-3-5-24-13)21-4-1-2-10(7-21)22-9-15-8-18-22/h3,5-6,8-10H,1-2,4,7H2,(H,17,20)(H,19,23)/t10-/m0/s1. The molecule has 1 aliphatic heterocycles. The molecule has 0 unspecified atom stereocenters. The Hall–Kier alpha value is -2.75. The van der Waals surface area contributed by atoms with E-state index in [4.69, 9.17) is 0 Å². The van der Waals surface area contributed by atoms with Gasteiger partial charge in [0, 0.05) is 24.7 Å². The van der Waals surface area contributed by atoms with Gasteiger partial charge >= 0.3 is 6.03 Å². The number of hydrogen-bond donors (Lipinski definition) is 2. The number of nitrogens with zero attached hydrogens (tertiary/aromatic N) is 6. The molecule has 2 N–H and O–H groups in total. The van der Waals surface area contributed by atoms with Crippen LogP contribution in [0, 0.1) is 0 Å². The Morgan fingerprint density at radius 3 is 3.21 bits per heavy atom. The zero-order valence-corrected chi connectivity index (χ0v) is 13.6. The van der Waals surface area contributed by atoms with Crippen LogP contribution in [0.25, 0.3) is 10.7 Å². The van der Waals surface area contributed by atoms with Crippen molar-refractivity contribution in [1.82, 2.24) is 34.8 Å². The molecule has 24 heavy (non-hydrogen) atoms. The fourth-order valence-electron chi connectivity index (χ4n) is 2.85. The third-order valence-electron chi connectivity index (χ3n) is 4.02. The van der Waals surface area contributed by atoms with Gasteiger partial charge in [-0.25, -0.2) is 19.4 Å². The number of rotatable bonds is 3. The summed E-state index contributed by atoms with van der Waals surface area (Å²) in [5, 5.41) is 16.7. The first-order chi connectivity index (χ1) is 11.8. The number of piperidine rings is 1. The molecule has 0 aliphatic carbocycles. The Morgan fingerprint density at radius 1 is 1.46 bits per heavy atom. The van der Waals surface area contributed by atoms with Gasteiger partial charge in [-0.05, 0) is 12.8 Å². The van der Waals surface area contributed by atoms with E-state index >= 15 is 0 Å². The van der Waals surface area contributed by atoms with Crippen LogP contribution in [-0.2, 0) is 0 Å². The minimum Gasteiger partial charge on any atom is -0.322 e. The van der Waals surface area contributed by atoms with Crippen molar-refractivity contribution in [3.05, 3.63) is 30.4 Å². The van der Waals surface area contributed by atoms with Crippen molar-refractivity contribution >= 4 is 23.1 Å². The van der Waals surface area contributed by atoms with Gasteiger partial charge in [-0.2, -0.15) is 10.2 Å². The third kappa shape index (κ3) is 2.87. The molecule has 3 aromatic heterocycles. The Bertz CT molecular complexity index is 797. The lowest BCUT2D eigenvalue weighted by Gasteiger charge is -2.32. The molecule has 1 atom stereocenters. The molecule has 4 heterocycles. The third-order valence-corrected chi connectivity index (χ3v) is 4.81. The largest absolute Gasteiger partial charge is 0.322 e. The van der Waals surface area contributed by atoms with E-state index < -0.39 is 0 Å². The van der Waals surface area contributed by atoms with E-state index in [0.29, 0.717) is 12.2 Å². The van der Waals surface area contributed by atoms with Gasteiger partial charge in [-0.1, -0.05) is 0 Å². The second kappa shape index (κ2) is 6.40. The lowest BCUT2D eigenvalue weighted by Crippen LogP contribution is -2.43. The van der Waals surface area contributed by atoms with Gasteiger partial charge in [0.2, 0.25) is 0 Å².